The third-order valence-corrected chi connectivity index (χ3v) is 7.10. The molecule has 8 nitrogen and oxygen atoms in total. The summed E-state index contributed by atoms with van der Waals surface area (Å²) in [5.74, 6) is 0.951. The molecule has 1 N–H and O–H groups in total. The molecule has 0 aliphatic carbocycles. The fourth-order valence-electron chi connectivity index (χ4n) is 3.86. The number of ether oxygens (including phenoxy) is 3. The van der Waals surface area contributed by atoms with Crippen molar-refractivity contribution < 1.29 is 28.2 Å². The fourth-order valence-corrected chi connectivity index (χ4v) is 4.99. The summed E-state index contributed by atoms with van der Waals surface area (Å²) in [4.78, 5) is 32.6. The summed E-state index contributed by atoms with van der Waals surface area (Å²) in [6.45, 7) is 0.364. The van der Waals surface area contributed by atoms with E-state index in [1.807, 2.05) is 18.2 Å². The summed E-state index contributed by atoms with van der Waals surface area (Å²) >= 11 is 1.22. The highest BCUT2D eigenvalue weighted by atomic mass is 32.2. The van der Waals surface area contributed by atoms with Gasteiger partial charge in [0.2, 0.25) is 11.8 Å². The van der Waals surface area contributed by atoms with Crippen LogP contribution in [0, 0.1) is 5.82 Å². The van der Waals surface area contributed by atoms with Crippen LogP contribution in [0.15, 0.2) is 71.7 Å². The van der Waals surface area contributed by atoms with E-state index in [9.17, 15) is 14.0 Å². The highest BCUT2D eigenvalue weighted by molar-refractivity contribution is 8.15. The number of carbonyl (C=O) groups excluding carboxylic acids is 2. The van der Waals surface area contributed by atoms with Gasteiger partial charge in [-0.15, -0.1) is 0 Å². The van der Waals surface area contributed by atoms with Crippen molar-refractivity contribution in [3.05, 3.63) is 78.1 Å². The Balaban J connectivity index is 1.55. The maximum Gasteiger partial charge on any atom is 0.238 e. The lowest BCUT2D eigenvalue weighted by molar-refractivity contribution is -0.129. The van der Waals surface area contributed by atoms with Crippen molar-refractivity contribution in [2.24, 2.45) is 4.99 Å². The Morgan fingerprint density at radius 3 is 2.37 bits per heavy atom. The second-order valence-corrected chi connectivity index (χ2v) is 9.55. The predicted octanol–water partition coefficient (Wildman–Crippen LogP) is 5.05. The molecule has 10 heteroatoms. The molecule has 0 saturated carbocycles. The zero-order valence-corrected chi connectivity index (χ0v) is 22.1. The van der Waals surface area contributed by atoms with Crippen LogP contribution in [0.25, 0.3) is 0 Å². The van der Waals surface area contributed by atoms with Crippen LogP contribution in [-0.4, -0.2) is 55.0 Å². The molecule has 0 bridgehead atoms. The van der Waals surface area contributed by atoms with Crippen molar-refractivity contribution in [1.29, 1.82) is 0 Å². The lowest BCUT2D eigenvalue weighted by Gasteiger charge is -2.32. The van der Waals surface area contributed by atoms with Gasteiger partial charge in [-0.1, -0.05) is 17.8 Å². The molecule has 0 aromatic heterocycles. The first kappa shape index (κ1) is 27.0. The zero-order valence-electron chi connectivity index (χ0n) is 21.3. The molecule has 38 heavy (non-hydrogen) atoms. The minimum Gasteiger partial charge on any atom is -0.497 e. The van der Waals surface area contributed by atoms with Crippen molar-refractivity contribution >= 4 is 40.1 Å². The lowest BCUT2D eigenvalue weighted by atomic mass is 10.1. The standard InChI is InChI=1S/C28H28FN3O5S/c1-35-22-11-9-21(10-12-22)31-28-32(15-14-18-4-13-23(36-2)24(16-18)37-3)26(33)17-25(38-28)27(34)30-20-7-5-19(29)6-8-20/h4-13,16,25H,14-15,17H2,1-3H3,(H,30,34). The molecule has 0 spiro atoms. The minimum atomic E-state index is -0.693. The minimum absolute atomic E-state index is 0.00522. The molecule has 198 valence electrons. The molecule has 1 saturated heterocycles. The number of aliphatic imine (C=N–C) groups is 1. The second kappa shape index (κ2) is 12.5. The predicted molar refractivity (Wildman–Crippen MR) is 146 cm³/mol. The summed E-state index contributed by atoms with van der Waals surface area (Å²) in [7, 11) is 4.73. The van der Waals surface area contributed by atoms with E-state index in [2.05, 4.69) is 5.32 Å². The van der Waals surface area contributed by atoms with Crippen LogP contribution in [-0.2, 0) is 16.0 Å². The molecule has 3 aromatic carbocycles. The van der Waals surface area contributed by atoms with Crippen LogP contribution in [0.1, 0.15) is 12.0 Å². The maximum atomic E-state index is 13.3. The highest BCUT2D eigenvalue weighted by Gasteiger charge is 2.36. The van der Waals surface area contributed by atoms with Crippen LogP contribution < -0.4 is 19.5 Å². The van der Waals surface area contributed by atoms with Crippen molar-refractivity contribution in [1.82, 2.24) is 4.90 Å². The van der Waals surface area contributed by atoms with Gasteiger partial charge in [0.25, 0.3) is 0 Å². The Bertz CT molecular complexity index is 1320. The fraction of sp³-hybridized carbons (Fsp3) is 0.250. The van der Waals surface area contributed by atoms with Crippen molar-refractivity contribution in [2.45, 2.75) is 18.1 Å². The quantitative estimate of drug-likeness (QED) is 0.411. The third-order valence-electron chi connectivity index (χ3n) is 5.91. The Morgan fingerprint density at radius 2 is 1.71 bits per heavy atom. The molecule has 2 amide bonds. The van der Waals surface area contributed by atoms with Gasteiger partial charge in [-0.25, -0.2) is 9.38 Å². The summed E-state index contributed by atoms with van der Waals surface area (Å²) in [6, 6.07) is 18.2. The highest BCUT2D eigenvalue weighted by Crippen LogP contribution is 2.32. The number of nitrogens with zero attached hydrogens (tertiary/aromatic N) is 2. The number of hydrogen-bond donors (Lipinski definition) is 1. The first-order chi connectivity index (χ1) is 18.4. The Kier molecular flexibility index (Phi) is 8.85. The molecule has 1 atom stereocenters. The average Bonchev–Trinajstić information content (AvgIpc) is 2.93. The smallest absolute Gasteiger partial charge is 0.238 e. The van der Waals surface area contributed by atoms with Crippen LogP contribution in [0.5, 0.6) is 17.2 Å². The molecular formula is C28H28FN3O5S. The zero-order chi connectivity index (χ0) is 27.1. The number of amides is 2. The molecule has 1 fully saturated rings. The van der Waals surface area contributed by atoms with Gasteiger partial charge in [-0.05, 0) is 72.6 Å². The van der Waals surface area contributed by atoms with Crippen molar-refractivity contribution in [3.63, 3.8) is 0 Å². The molecule has 4 rings (SSSR count). The summed E-state index contributed by atoms with van der Waals surface area (Å²) in [5, 5.41) is 2.49. The summed E-state index contributed by atoms with van der Waals surface area (Å²) in [6.07, 6.45) is 0.548. The molecule has 3 aromatic rings. The monoisotopic (exact) mass is 537 g/mol. The van der Waals surface area contributed by atoms with Crippen LogP contribution in [0.3, 0.4) is 0 Å². The SMILES string of the molecule is COc1ccc(N=C2SC(C(=O)Nc3ccc(F)cc3)CC(=O)N2CCc2ccc(OC)c(OC)c2)cc1. The number of hydrogen-bond acceptors (Lipinski definition) is 7. The van der Waals surface area contributed by atoms with E-state index in [0.717, 1.165) is 5.56 Å². The number of methoxy groups -OCH3 is 3. The third kappa shape index (κ3) is 6.63. The molecule has 1 unspecified atom stereocenters. The number of benzene rings is 3. The van der Waals surface area contributed by atoms with E-state index in [0.29, 0.717) is 46.8 Å². The van der Waals surface area contributed by atoms with Crippen LogP contribution in [0.2, 0.25) is 0 Å². The summed E-state index contributed by atoms with van der Waals surface area (Å²) in [5.41, 5.74) is 2.03. The van der Waals surface area contributed by atoms with Gasteiger partial charge in [-0.3, -0.25) is 14.5 Å². The normalized spacial score (nSPS) is 16.3. The Labute approximate surface area is 224 Å². The average molecular weight is 538 g/mol. The maximum absolute atomic E-state index is 13.3. The van der Waals surface area contributed by atoms with Crippen molar-refractivity contribution in [3.8, 4) is 17.2 Å². The van der Waals surface area contributed by atoms with Crippen molar-refractivity contribution in [2.75, 3.05) is 33.2 Å². The van der Waals surface area contributed by atoms with Gasteiger partial charge in [-0.2, -0.15) is 0 Å². The van der Waals surface area contributed by atoms with Gasteiger partial charge in [0.05, 0.1) is 27.0 Å². The van der Waals surface area contributed by atoms with Crippen LogP contribution in [0.4, 0.5) is 15.8 Å². The van der Waals surface area contributed by atoms with Gasteiger partial charge in [0.15, 0.2) is 16.7 Å². The van der Waals surface area contributed by atoms with E-state index in [1.165, 1.54) is 36.0 Å². The Morgan fingerprint density at radius 1 is 1.00 bits per heavy atom. The van der Waals surface area contributed by atoms with Gasteiger partial charge >= 0.3 is 0 Å². The van der Waals surface area contributed by atoms with E-state index in [1.54, 1.807) is 50.5 Å². The number of carbonyl (C=O) groups is 2. The van der Waals surface area contributed by atoms with E-state index < -0.39 is 11.1 Å². The number of anilines is 1. The number of thioether (sulfide) groups is 1. The van der Waals surface area contributed by atoms with Gasteiger partial charge in [0, 0.05) is 18.7 Å². The molecule has 1 aliphatic heterocycles. The number of nitrogens with one attached hydrogen (secondary N) is 1. The van der Waals surface area contributed by atoms with Crippen LogP contribution >= 0.6 is 11.8 Å². The first-order valence-electron chi connectivity index (χ1n) is 11.9. The topological polar surface area (TPSA) is 89.5 Å². The lowest BCUT2D eigenvalue weighted by Crippen LogP contribution is -2.46. The Hall–Kier alpha value is -4.05. The van der Waals surface area contributed by atoms with E-state index >= 15 is 0 Å². The molecule has 1 aliphatic rings. The number of halogens is 1. The van der Waals surface area contributed by atoms with E-state index in [-0.39, 0.29) is 18.2 Å². The number of amidine groups is 1. The molecule has 1 heterocycles. The largest absolute Gasteiger partial charge is 0.497 e. The van der Waals surface area contributed by atoms with E-state index in [4.69, 9.17) is 19.2 Å². The molecule has 0 radical (unpaired) electrons. The summed E-state index contributed by atoms with van der Waals surface area (Å²) < 4.78 is 29.2. The number of rotatable bonds is 9. The molecular weight excluding hydrogens is 509 g/mol. The van der Waals surface area contributed by atoms with Gasteiger partial charge in [0.1, 0.15) is 16.8 Å². The first-order valence-corrected chi connectivity index (χ1v) is 12.7. The van der Waals surface area contributed by atoms with Gasteiger partial charge < -0.3 is 19.5 Å². The second-order valence-electron chi connectivity index (χ2n) is 8.38.